The Morgan fingerprint density at radius 2 is 1.48 bits per heavy atom. The van der Waals surface area contributed by atoms with E-state index in [2.05, 4.69) is 70.0 Å². The Morgan fingerprint density at radius 1 is 0.820 bits per heavy atom. The summed E-state index contributed by atoms with van der Waals surface area (Å²) in [6, 6.07) is 2.23. The zero-order valence-electron chi connectivity index (χ0n) is 28.4. The summed E-state index contributed by atoms with van der Waals surface area (Å²) < 4.78 is 4.33. The first kappa shape index (κ1) is 31.3. The molecule has 2 fully saturated rings. The Balaban J connectivity index is 0.878. The number of rotatable bonds is 9. The highest BCUT2D eigenvalue weighted by atomic mass is 32.2. The van der Waals surface area contributed by atoms with Crippen LogP contribution >= 0.6 is 11.8 Å². The molecule has 0 aromatic carbocycles. The zero-order chi connectivity index (χ0) is 33.6. The summed E-state index contributed by atoms with van der Waals surface area (Å²) >= 11 is 1.81. The number of pyridine rings is 1. The van der Waals surface area contributed by atoms with E-state index in [0.717, 1.165) is 87.6 Å². The first-order valence-corrected chi connectivity index (χ1v) is 19.4. The lowest BCUT2D eigenvalue weighted by Crippen LogP contribution is -2.24. The second-order valence-electron chi connectivity index (χ2n) is 14.2. The van der Waals surface area contributed by atoms with E-state index < -0.39 is 0 Å². The number of aromatic amines is 2. The molecule has 3 N–H and O–H groups in total. The van der Waals surface area contributed by atoms with Crippen LogP contribution in [-0.4, -0.2) is 55.9 Å². The summed E-state index contributed by atoms with van der Waals surface area (Å²) in [6.45, 7) is 0.438. The lowest BCUT2D eigenvalue weighted by Gasteiger charge is -2.28. The first-order chi connectivity index (χ1) is 24.6. The quantitative estimate of drug-likeness (QED) is 0.145. The number of imidazole rings is 2. The third-order valence-electron chi connectivity index (χ3n) is 11.0. The fourth-order valence-electron chi connectivity index (χ4n) is 8.45. The molecule has 7 aromatic heterocycles. The van der Waals surface area contributed by atoms with Gasteiger partial charge in [0.25, 0.3) is 0 Å². The fourth-order valence-corrected chi connectivity index (χ4v) is 8.98. The topological polar surface area (TPSA) is 134 Å². The summed E-state index contributed by atoms with van der Waals surface area (Å²) in [5.41, 5.74) is 12.2. The number of hydrogen-bond donors (Lipinski definition) is 3. The van der Waals surface area contributed by atoms with E-state index in [1.807, 2.05) is 42.7 Å². The minimum atomic E-state index is -0.0304. The average Bonchev–Trinajstić information content (AvgIpc) is 3.96. The number of carbonyl (C=O) groups excluding carboxylic acids is 1. The molecule has 2 atom stereocenters. The van der Waals surface area contributed by atoms with Gasteiger partial charge in [-0.15, -0.1) is 0 Å². The predicted octanol–water partition coefficient (Wildman–Crippen LogP) is 7.34. The Labute approximate surface area is 294 Å². The number of aromatic nitrogens is 9. The fraction of sp³-hybridized carbons (Fsp3) is 0.421. The van der Waals surface area contributed by atoms with Gasteiger partial charge in [-0.1, -0.05) is 31.7 Å². The second-order valence-corrected chi connectivity index (χ2v) is 15.1. The highest BCUT2D eigenvalue weighted by Gasteiger charge is 2.27. The summed E-state index contributed by atoms with van der Waals surface area (Å²) in [7, 11) is 0. The molecule has 2 unspecified atom stereocenters. The Kier molecular flexibility index (Phi) is 8.26. The van der Waals surface area contributed by atoms with E-state index in [4.69, 9.17) is 9.97 Å². The molecule has 50 heavy (non-hydrogen) atoms. The van der Waals surface area contributed by atoms with Gasteiger partial charge in [-0.3, -0.25) is 18.6 Å². The maximum Gasteiger partial charge on any atom is 0.224 e. The van der Waals surface area contributed by atoms with E-state index in [0.29, 0.717) is 24.3 Å². The molecule has 0 aliphatic heterocycles. The molecule has 0 spiro atoms. The number of thioether (sulfide) groups is 1. The summed E-state index contributed by atoms with van der Waals surface area (Å²) in [5.74, 6) is 2.18. The van der Waals surface area contributed by atoms with E-state index >= 15 is 0 Å². The Hall–Kier alpha value is -4.71. The lowest BCUT2D eigenvalue weighted by molar-refractivity contribution is -0.120. The molecule has 2 aliphatic rings. The molecule has 0 saturated heterocycles. The highest BCUT2D eigenvalue weighted by Crippen LogP contribution is 2.41. The van der Waals surface area contributed by atoms with Crippen molar-refractivity contribution in [1.82, 2.24) is 49.0 Å². The normalized spacial score (nSPS) is 18.9. The van der Waals surface area contributed by atoms with Gasteiger partial charge in [0.2, 0.25) is 5.91 Å². The molecule has 2 aliphatic carbocycles. The average molecular weight is 687 g/mol. The first-order valence-electron chi connectivity index (χ1n) is 18.0. The zero-order valence-corrected chi connectivity index (χ0v) is 29.2. The number of nitrogens with one attached hydrogen (secondary N) is 3. The predicted molar refractivity (Wildman–Crippen MR) is 196 cm³/mol. The summed E-state index contributed by atoms with van der Waals surface area (Å²) in [4.78, 5) is 43.7. The van der Waals surface area contributed by atoms with Crippen LogP contribution in [0.4, 0.5) is 0 Å². The van der Waals surface area contributed by atoms with Crippen molar-refractivity contribution < 1.29 is 4.79 Å². The van der Waals surface area contributed by atoms with Crippen molar-refractivity contribution in [1.29, 1.82) is 0 Å². The van der Waals surface area contributed by atoms with Crippen molar-refractivity contribution in [3.8, 4) is 0 Å². The van der Waals surface area contributed by atoms with Gasteiger partial charge < -0.3 is 15.3 Å². The smallest absolute Gasteiger partial charge is 0.224 e. The van der Waals surface area contributed by atoms with Gasteiger partial charge >= 0.3 is 0 Å². The molecule has 12 heteroatoms. The van der Waals surface area contributed by atoms with Crippen LogP contribution in [0.3, 0.4) is 0 Å². The molecule has 0 radical (unpaired) electrons. The van der Waals surface area contributed by atoms with Gasteiger partial charge in [-0.05, 0) is 55.4 Å². The van der Waals surface area contributed by atoms with Crippen molar-refractivity contribution in [2.45, 2.75) is 94.3 Å². The number of H-pyrrole nitrogens is 2. The number of carbonyl (C=O) groups is 1. The van der Waals surface area contributed by atoms with Crippen molar-refractivity contribution in [3.63, 3.8) is 0 Å². The monoisotopic (exact) mass is 686 g/mol. The molecular weight excluding hydrogens is 645 g/mol. The highest BCUT2D eigenvalue weighted by molar-refractivity contribution is 7.97. The van der Waals surface area contributed by atoms with Crippen LogP contribution in [-0.2, 0) is 23.5 Å². The minimum Gasteiger partial charge on any atom is -0.352 e. The number of fused-ring (bicyclic) bond motifs is 6. The summed E-state index contributed by atoms with van der Waals surface area (Å²) in [5, 5.41) is 3.15. The molecule has 256 valence electrons. The maximum absolute atomic E-state index is 13.3. The summed E-state index contributed by atoms with van der Waals surface area (Å²) in [6.07, 6.45) is 29.0. The van der Waals surface area contributed by atoms with Gasteiger partial charge in [-0.25, -0.2) is 19.9 Å². The minimum absolute atomic E-state index is 0.0304. The van der Waals surface area contributed by atoms with Crippen LogP contribution in [0.2, 0.25) is 0 Å². The van der Waals surface area contributed by atoms with Gasteiger partial charge in [0, 0.05) is 72.4 Å². The molecule has 2 saturated carbocycles. The third kappa shape index (κ3) is 5.82. The van der Waals surface area contributed by atoms with E-state index in [1.54, 1.807) is 0 Å². The van der Waals surface area contributed by atoms with E-state index in [9.17, 15) is 4.79 Å². The standard InChI is InChI=1S/C38H42N10OS/c1-50-22-29-17-42-38-36(29)48-21-31(46-33(48)19-44-38)26-9-5-8-25(11-26)27-10-23(13-39-15-27)14-40-34(49)12-28-16-41-37-35(28)47-20-30(45-32(47)18-43-37)24-6-3-2-4-7-24/h10,13,15-21,24-26,41-42H,2-9,11-12,14,22H2,1H3,(H,40,49). The van der Waals surface area contributed by atoms with E-state index in [-0.39, 0.29) is 12.3 Å². The van der Waals surface area contributed by atoms with Crippen LogP contribution in [0.5, 0.6) is 0 Å². The Bertz CT molecular complexity index is 2330. The third-order valence-corrected chi connectivity index (χ3v) is 11.6. The molecule has 9 rings (SSSR count). The molecular formula is C38H42N10OS. The molecule has 11 nitrogen and oxygen atoms in total. The van der Waals surface area contributed by atoms with Crippen molar-refractivity contribution >= 4 is 51.3 Å². The molecule has 7 aromatic rings. The van der Waals surface area contributed by atoms with Crippen molar-refractivity contribution in [3.05, 3.63) is 89.3 Å². The van der Waals surface area contributed by atoms with E-state index in [1.165, 1.54) is 43.2 Å². The molecule has 1 amide bonds. The number of hydrogen-bond acceptors (Lipinski definition) is 7. The van der Waals surface area contributed by atoms with Crippen molar-refractivity contribution in [2.24, 2.45) is 0 Å². The SMILES string of the molecule is CSCc1c[nH]c2ncc3nc(C4CCCC(c5cncc(CNC(=O)Cc6c[nH]c7ncc8nc(C9CCCCC9)cn8c67)c5)C4)cn3c12. The van der Waals surface area contributed by atoms with Crippen LogP contribution in [0.1, 0.15) is 109 Å². The number of nitrogens with zero attached hydrogens (tertiary/aromatic N) is 7. The van der Waals surface area contributed by atoms with Crippen LogP contribution in [0, 0.1) is 0 Å². The molecule has 7 heterocycles. The van der Waals surface area contributed by atoms with Crippen molar-refractivity contribution in [2.75, 3.05) is 6.26 Å². The lowest BCUT2D eigenvalue weighted by atomic mass is 9.77. The second kappa shape index (κ2) is 13.2. The van der Waals surface area contributed by atoms with Gasteiger partial charge in [0.1, 0.15) is 0 Å². The van der Waals surface area contributed by atoms with Gasteiger partial charge in [0.05, 0.1) is 41.2 Å². The van der Waals surface area contributed by atoms with Crippen LogP contribution < -0.4 is 5.32 Å². The van der Waals surface area contributed by atoms with Gasteiger partial charge in [-0.2, -0.15) is 11.8 Å². The van der Waals surface area contributed by atoms with Crippen LogP contribution in [0.25, 0.3) is 33.6 Å². The Morgan fingerprint density at radius 3 is 2.22 bits per heavy atom. The maximum atomic E-state index is 13.3. The van der Waals surface area contributed by atoms with Gasteiger partial charge in [0.15, 0.2) is 22.6 Å². The number of amides is 1. The molecule has 0 bridgehead atoms. The largest absolute Gasteiger partial charge is 0.352 e. The van der Waals surface area contributed by atoms with Crippen LogP contribution in [0.15, 0.2) is 55.6 Å².